The van der Waals surface area contributed by atoms with Crippen molar-refractivity contribution in [2.24, 2.45) is 5.92 Å². The van der Waals surface area contributed by atoms with Crippen LogP contribution in [0.5, 0.6) is 0 Å². The maximum atomic E-state index is 12.2. The smallest absolute Gasteiger partial charge is 0.410 e. The highest BCUT2D eigenvalue weighted by Gasteiger charge is 2.32. The summed E-state index contributed by atoms with van der Waals surface area (Å²) in [6, 6.07) is 5.68. The number of likely N-dealkylation sites (tertiary alicyclic amines) is 1. The molecule has 1 fully saturated rings. The molecule has 0 bridgehead atoms. The number of aliphatic hydroxyl groups is 1. The second-order valence-electron chi connectivity index (χ2n) is 6.98. The molecule has 2 atom stereocenters. The molecular weight excluding hydrogens is 382 g/mol. The van der Waals surface area contributed by atoms with E-state index < -0.39 is 11.7 Å². The van der Waals surface area contributed by atoms with Crippen molar-refractivity contribution in [1.82, 2.24) is 4.90 Å². The molecule has 0 spiro atoms. The summed E-state index contributed by atoms with van der Waals surface area (Å²) in [5.74, 6) is -0.0527. The highest BCUT2D eigenvalue weighted by Crippen LogP contribution is 2.28. The first kappa shape index (κ1) is 18.6. The molecule has 1 saturated heterocycles. The Morgan fingerprint density at radius 3 is 2.83 bits per heavy atom. The van der Waals surface area contributed by atoms with Gasteiger partial charge in [0.15, 0.2) is 0 Å². The van der Waals surface area contributed by atoms with Crippen LogP contribution in [0.4, 0.5) is 4.79 Å². The second kappa shape index (κ2) is 7.41. The van der Waals surface area contributed by atoms with Crippen LogP contribution in [0.25, 0.3) is 0 Å². The number of hydrogen-bond acceptors (Lipinski definition) is 3. The first-order chi connectivity index (χ1) is 10.7. The topological polar surface area (TPSA) is 49.8 Å². The molecule has 1 aliphatic heterocycles. The van der Waals surface area contributed by atoms with Gasteiger partial charge in [-0.15, -0.1) is 0 Å². The zero-order valence-corrected chi connectivity index (χ0v) is 16.0. The van der Waals surface area contributed by atoms with Crippen LogP contribution in [-0.2, 0) is 11.2 Å². The molecule has 0 radical (unpaired) electrons. The molecule has 0 aliphatic carbocycles. The quantitative estimate of drug-likeness (QED) is 0.801. The summed E-state index contributed by atoms with van der Waals surface area (Å²) in [6.07, 6.45) is 0.410. The van der Waals surface area contributed by atoms with Crippen molar-refractivity contribution in [3.05, 3.63) is 33.3 Å². The van der Waals surface area contributed by atoms with E-state index in [0.717, 1.165) is 10.0 Å². The normalized spacial score (nSPS) is 22.1. The molecule has 6 heteroatoms. The van der Waals surface area contributed by atoms with E-state index in [4.69, 9.17) is 16.3 Å². The van der Waals surface area contributed by atoms with Crippen molar-refractivity contribution < 1.29 is 14.6 Å². The van der Waals surface area contributed by atoms with Crippen molar-refractivity contribution in [3.8, 4) is 0 Å². The summed E-state index contributed by atoms with van der Waals surface area (Å²) in [5, 5.41) is 11.0. The monoisotopic (exact) mass is 403 g/mol. The number of piperidine rings is 1. The summed E-state index contributed by atoms with van der Waals surface area (Å²) in [5.41, 5.74) is 0.451. The van der Waals surface area contributed by atoms with Gasteiger partial charge in [-0.25, -0.2) is 4.79 Å². The Hall–Kier alpha value is -0.780. The average Bonchev–Trinajstić information content (AvgIpc) is 2.43. The fourth-order valence-corrected chi connectivity index (χ4v) is 3.30. The van der Waals surface area contributed by atoms with Crippen LogP contribution in [0, 0.1) is 5.92 Å². The molecule has 23 heavy (non-hydrogen) atoms. The van der Waals surface area contributed by atoms with E-state index in [1.807, 2.05) is 39.0 Å². The van der Waals surface area contributed by atoms with Crippen molar-refractivity contribution >= 4 is 33.6 Å². The van der Waals surface area contributed by atoms with Gasteiger partial charge in [0.2, 0.25) is 0 Å². The molecule has 1 amide bonds. The largest absolute Gasteiger partial charge is 0.444 e. The zero-order chi connectivity index (χ0) is 17.2. The van der Waals surface area contributed by atoms with E-state index in [1.54, 1.807) is 4.90 Å². The molecule has 0 aromatic heterocycles. The lowest BCUT2D eigenvalue weighted by Crippen LogP contribution is -2.48. The van der Waals surface area contributed by atoms with E-state index >= 15 is 0 Å². The first-order valence-corrected chi connectivity index (χ1v) is 8.93. The summed E-state index contributed by atoms with van der Waals surface area (Å²) in [7, 11) is 0. The van der Waals surface area contributed by atoms with Crippen LogP contribution in [0.2, 0.25) is 5.02 Å². The third-order valence-corrected chi connectivity index (χ3v) is 4.70. The number of benzene rings is 1. The second-order valence-corrected chi connectivity index (χ2v) is 8.31. The lowest BCUT2D eigenvalue weighted by molar-refractivity contribution is -0.00823. The lowest BCUT2D eigenvalue weighted by atomic mass is 9.89. The molecule has 1 heterocycles. The number of carbonyl (C=O) groups is 1. The van der Waals surface area contributed by atoms with Crippen LogP contribution in [0.3, 0.4) is 0 Å². The number of nitrogens with zero attached hydrogens (tertiary/aromatic N) is 1. The van der Waals surface area contributed by atoms with Crippen molar-refractivity contribution in [2.45, 2.75) is 45.3 Å². The van der Waals surface area contributed by atoms with E-state index in [9.17, 15) is 9.90 Å². The van der Waals surface area contributed by atoms with Crippen LogP contribution in [0.15, 0.2) is 22.7 Å². The molecule has 0 unspecified atom stereocenters. The summed E-state index contributed by atoms with van der Waals surface area (Å²) < 4.78 is 6.38. The van der Waals surface area contributed by atoms with Gasteiger partial charge in [-0.3, -0.25) is 0 Å². The molecule has 1 aromatic rings. The average molecular weight is 405 g/mol. The molecule has 4 nitrogen and oxygen atoms in total. The van der Waals surface area contributed by atoms with Crippen molar-refractivity contribution in [1.29, 1.82) is 0 Å². The van der Waals surface area contributed by atoms with Crippen LogP contribution in [-0.4, -0.2) is 40.9 Å². The van der Waals surface area contributed by atoms with Crippen LogP contribution < -0.4 is 0 Å². The Labute approximate surface area is 150 Å². The number of amides is 1. The Morgan fingerprint density at radius 1 is 1.48 bits per heavy atom. The van der Waals surface area contributed by atoms with Gasteiger partial charge in [-0.1, -0.05) is 27.5 Å². The van der Waals surface area contributed by atoms with E-state index in [-0.39, 0.29) is 12.0 Å². The fourth-order valence-electron chi connectivity index (χ4n) is 2.69. The molecule has 1 aliphatic rings. The standard InChI is InChI=1S/C17H23BrClNO3/c1-17(2,3)23-16(22)20-7-6-15(21)12(10-20)8-11-9-13(18)4-5-14(11)19/h4-5,9,12,15,21H,6-8,10H2,1-3H3/t12-,15-/m1/s1. The SMILES string of the molecule is CC(C)(C)OC(=O)N1CC[C@@H](O)[C@H](Cc2cc(Br)ccc2Cl)C1. The van der Waals surface area contributed by atoms with Crippen LogP contribution in [0.1, 0.15) is 32.8 Å². The van der Waals surface area contributed by atoms with E-state index in [2.05, 4.69) is 15.9 Å². The number of carbonyl (C=O) groups excluding carboxylic acids is 1. The third-order valence-electron chi connectivity index (χ3n) is 3.84. The van der Waals surface area contributed by atoms with Crippen molar-refractivity contribution in [2.75, 3.05) is 13.1 Å². The Bertz CT molecular complexity index is 573. The number of hydrogen-bond donors (Lipinski definition) is 1. The summed E-state index contributed by atoms with van der Waals surface area (Å²) in [6.45, 7) is 6.53. The minimum atomic E-state index is -0.518. The molecule has 2 rings (SSSR count). The minimum absolute atomic E-state index is 0.0527. The van der Waals surface area contributed by atoms with E-state index in [0.29, 0.717) is 31.0 Å². The van der Waals surface area contributed by atoms with Gasteiger partial charge in [0, 0.05) is 28.5 Å². The zero-order valence-electron chi connectivity index (χ0n) is 13.7. The van der Waals surface area contributed by atoms with Gasteiger partial charge in [0.1, 0.15) is 5.60 Å². The molecule has 1 N–H and O–H groups in total. The van der Waals surface area contributed by atoms with Gasteiger partial charge in [0.05, 0.1) is 6.10 Å². The summed E-state index contributed by atoms with van der Waals surface area (Å²) >= 11 is 9.68. The molecule has 1 aromatic carbocycles. The number of ether oxygens (including phenoxy) is 1. The highest BCUT2D eigenvalue weighted by molar-refractivity contribution is 9.10. The lowest BCUT2D eigenvalue weighted by Gasteiger charge is -2.37. The molecule has 128 valence electrons. The molecule has 0 saturated carbocycles. The first-order valence-electron chi connectivity index (χ1n) is 7.75. The Kier molecular flexibility index (Phi) is 5.98. The Morgan fingerprint density at radius 2 is 2.17 bits per heavy atom. The van der Waals surface area contributed by atoms with Gasteiger partial charge in [0.25, 0.3) is 0 Å². The minimum Gasteiger partial charge on any atom is -0.444 e. The summed E-state index contributed by atoms with van der Waals surface area (Å²) in [4.78, 5) is 13.9. The maximum Gasteiger partial charge on any atom is 0.410 e. The van der Waals surface area contributed by atoms with Gasteiger partial charge in [-0.05, 0) is 57.4 Å². The van der Waals surface area contributed by atoms with Gasteiger partial charge in [-0.2, -0.15) is 0 Å². The maximum absolute atomic E-state index is 12.2. The Balaban J connectivity index is 2.06. The predicted molar refractivity (Wildman–Crippen MR) is 94.8 cm³/mol. The van der Waals surface area contributed by atoms with Gasteiger partial charge < -0.3 is 14.7 Å². The van der Waals surface area contributed by atoms with Crippen molar-refractivity contribution in [3.63, 3.8) is 0 Å². The van der Waals surface area contributed by atoms with E-state index in [1.165, 1.54) is 0 Å². The highest BCUT2D eigenvalue weighted by atomic mass is 79.9. The number of halogens is 2. The fraction of sp³-hybridized carbons (Fsp3) is 0.588. The van der Waals surface area contributed by atoms with Gasteiger partial charge >= 0.3 is 6.09 Å². The molecular formula is C17H23BrClNO3. The predicted octanol–water partition coefficient (Wildman–Crippen LogP) is 4.26. The number of rotatable bonds is 2. The van der Waals surface area contributed by atoms with Crippen LogP contribution >= 0.6 is 27.5 Å². The third kappa shape index (κ3) is 5.37. The number of aliphatic hydroxyl groups excluding tert-OH is 1.